The van der Waals surface area contributed by atoms with Crippen molar-refractivity contribution in [3.05, 3.63) is 76.4 Å². The Morgan fingerprint density at radius 1 is 1.07 bits per heavy atom. The molecule has 6 heteroatoms. The van der Waals surface area contributed by atoms with E-state index in [9.17, 15) is 4.79 Å². The molecule has 3 aromatic rings. The van der Waals surface area contributed by atoms with Crippen LogP contribution >= 0.6 is 0 Å². The van der Waals surface area contributed by atoms with E-state index in [0.29, 0.717) is 31.1 Å². The van der Waals surface area contributed by atoms with Crippen molar-refractivity contribution in [3.8, 4) is 0 Å². The monoisotopic (exact) mass is 405 g/mol. The number of rotatable bonds is 5. The van der Waals surface area contributed by atoms with Crippen LogP contribution in [0.4, 0.5) is 11.5 Å². The predicted molar refractivity (Wildman–Crippen MR) is 117 cm³/mol. The van der Waals surface area contributed by atoms with Crippen LogP contribution in [0, 0.1) is 20.8 Å². The average molecular weight is 405 g/mol. The van der Waals surface area contributed by atoms with E-state index < -0.39 is 0 Å². The molecular formula is C24H27N3O3. The Kier molecular flexibility index (Phi) is 5.86. The highest BCUT2D eigenvalue weighted by molar-refractivity contribution is 6.02. The largest absolute Gasteiger partial charge is 0.456 e. The SMILES string of the molecule is Cc1cc(C)c(Cc2ccc(C(=O)Nc3ccc(N4CCOCC4)nc3)o2)c(C)c1. The number of nitrogens with zero attached hydrogens (tertiary/aromatic N) is 2. The maximum absolute atomic E-state index is 12.6. The molecule has 156 valence electrons. The molecule has 0 radical (unpaired) electrons. The first-order valence-corrected chi connectivity index (χ1v) is 10.2. The number of carbonyl (C=O) groups is 1. The summed E-state index contributed by atoms with van der Waals surface area (Å²) in [6, 6.07) is 11.7. The van der Waals surface area contributed by atoms with E-state index >= 15 is 0 Å². The number of hydrogen-bond acceptors (Lipinski definition) is 5. The number of hydrogen-bond donors (Lipinski definition) is 1. The van der Waals surface area contributed by atoms with E-state index in [0.717, 1.165) is 24.7 Å². The van der Waals surface area contributed by atoms with Gasteiger partial charge in [-0.25, -0.2) is 4.98 Å². The van der Waals surface area contributed by atoms with Crippen molar-refractivity contribution in [3.63, 3.8) is 0 Å². The summed E-state index contributed by atoms with van der Waals surface area (Å²) in [5, 5.41) is 2.86. The Morgan fingerprint density at radius 3 is 2.47 bits per heavy atom. The van der Waals surface area contributed by atoms with E-state index in [1.54, 1.807) is 12.3 Å². The number of anilines is 2. The Balaban J connectivity index is 1.41. The van der Waals surface area contributed by atoms with Gasteiger partial charge in [0, 0.05) is 19.5 Å². The zero-order valence-corrected chi connectivity index (χ0v) is 17.7. The van der Waals surface area contributed by atoms with Crippen LogP contribution in [-0.2, 0) is 11.2 Å². The number of aromatic nitrogens is 1. The fourth-order valence-electron chi connectivity index (χ4n) is 3.89. The molecule has 0 unspecified atom stereocenters. The minimum atomic E-state index is -0.278. The summed E-state index contributed by atoms with van der Waals surface area (Å²) in [5.41, 5.74) is 5.61. The van der Waals surface area contributed by atoms with Crippen molar-refractivity contribution >= 4 is 17.4 Å². The summed E-state index contributed by atoms with van der Waals surface area (Å²) >= 11 is 0. The van der Waals surface area contributed by atoms with Crippen LogP contribution in [0.2, 0.25) is 0 Å². The molecule has 1 fully saturated rings. The molecule has 0 aliphatic carbocycles. The molecule has 4 rings (SSSR count). The fourth-order valence-corrected chi connectivity index (χ4v) is 3.89. The first-order chi connectivity index (χ1) is 14.5. The predicted octanol–water partition coefficient (Wildman–Crippen LogP) is 4.28. The lowest BCUT2D eigenvalue weighted by Gasteiger charge is -2.27. The number of benzene rings is 1. The minimum absolute atomic E-state index is 0.278. The normalized spacial score (nSPS) is 14.0. The first-order valence-electron chi connectivity index (χ1n) is 10.2. The van der Waals surface area contributed by atoms with Crippen LogP contribution in [0.1, 0.15) is 38.6 Å². The van der Waals surface area contributed by atoms with Gasteiger partial charge in [0.15, 0.2) is 5.76 Å². The molecule has 6 nitrogen and oxygen atoms in total. The summed E-state index contributed by atoms with van der Waals surface area (Å²) in [5.74, 6) is 1.68. The van der Waals surface area contributed by atoms with Crippen LogP contribution in [0.5, 0.6) is 0 Å². The number of carbonyl (C=O) groups excluding carboxylic acids is 1. The Hall–Kier alpha value is -3.12. The molecule has 0 saturated carbocycles. The molecule has 3 heterocycles. The molecule has 0 spiro atoms. The van der Waals surface area contributed by atoms with Gasteiger partial charge in [0.1, 0.15) is 11.6 Å². The number of nitrogens with one attached hydrogen (secondary N) is 1. The molecule has 2 aromatic heterocycles. The van der Waals surface area contributed by atoms with Gasteiger partial charge >= 0.3 is 0 Å². The van der Waals surface area contributed by atoms with E-state index in [1.165, 1.54) is 22.3 Å². The van der Waals surface area contributed by atoms with Crippen molar-refractivity contribution in [2.75, 3.05) is 36.5 Å². The Bertz CT molecular complexity index is 1010. The lowest BCUT2D eigenvalue weighted by atomic mass is 9.97. The van der Waals surface area contributed by atoms with Crippen molar-refractivity contribution in [1.29, 1.82) is 0 Å². The number of furan rings is 1. The maximum atomic E-state index is 12.6. The van der Waals surface area contributed by atoms with E-state index in [4.69, 9.17) is 9.15 Å². The minimum Gasteiger partial charge on any atom is -0.456 e. The van der Waals surface area contributed by atoms with E-state index in [1.807, 2.05) is 18.2 Å². The quantitative estimate of drug-likeness (QED) is 0.686. The highest BCUT2D eigenvalue weighted by Crippen LogP contribution is 2.22. The summed E-state index contributed by atoms with van der Waals surface area (Å²) in [4.78, 5) is 19.2. The van der Waals surface area contributed by atoms with Gasteiger partial charge in [-0.15, -0.1) is 0 Å². The number of morpholine rings is 1. The molecule has 1 aromatic carbocycles. The second kappa shape index (κ2) is 8.71. The van der Waals surface area contributed by atoms with Gasteiger partial charge in [-0.3, -0.25) is 4.79 Å². The average Bonchev–Trinajstić information content (AvgIpc) is 3.21. The molecule has 1 aliphatic heterocycles. The summed E-state index contributed by atoms with van der Waals surface area (Å²) < 4.78 is 11.2. The van der Waals surface area contributed by atoms with Crippen LogP contribution in [0.3, 0.4) is 0 Å². The summed E-state index contributed by atoms with van der Waals surface area (Å²) in [6.45, 7) is 9.40. The fraction of sp³-hybridized carbons (Fsp3) is 0.333. The molecule has 1 aliphatic rings. The zero-order valence-electron chi connectivity index (χ0n) is 17.7. The second-order valence-corrected chi connectivity index (χ2v) is 7.78. The third-order valence-electron chi connectivity index (χ3n) is 5.42. The van der Waals surface area contributed by atoms with Gasteiger partial charge in [0.05, 0.1) is 25.1 Å². The molecule has 0 bridgehead atoms. The molecule has 1 amide bonds. The highest BCUT2D eigenvalue weighted by atomic mass is 16.5. The Morgan fingerprint density at radius 2 is 1.80 bits per heavy atom. The summed E-state index contributed by atoms with van der Waals surface area (Å²) in [6.07, 6.45) is 2.34. The van der Waals surface area contributed by atoms with Crippen molar-refractivity contribution < 1.29 is 13.9 Å². The lowest BCUT2D eigenvalue weighted by Crippen LogP contribution is -2.36. The molecular weight excluding hydrogens is 378 g/mol. The van der Waals surface area contributed by atoms with Crippen molar-refractivity contribution in [1.82, 2.24) is 4.98 Å². The van der Waals surface area contributed by atoms with Crippen molar-refractivity contribution in [2.45, 2.75) is 27.2 Å². The summed E-state index contributed by atoms with van der Waals surface area (Å²) in [7, 11) is 0. The molecule has 1 N–H and O–H groups in total. The number of aryl methyl sites for hydroxylation is 3. The van der Waals surface area contributed by atoms with Crippen LogP contribution in [0.15, 0.2) is 47.0 Å². The van der Waals surface area contributed by atoms with Crippen LogP contribution in [0.25, 0.3) is 0 Å². The topological polar surface area (TPSA) is 67.6 Å². The molecule has 0 atom stereocenters. The second-order valence-electron chi connectivity index (χ2n) is 7.78. The van der Waals surface area contributed by atoms with E-state index in [2.05, 4.69) is 48.1 Å². The maximum Gasteiger partial charge on any atom is 0.291 e. The van der Waals surface area contributed by atoms with Crippen LogP contribution in [-0.4, -0.2) is 37.2 Å². The lowest BCUT2D eigenvalue weighted by molar-refractivity contribution is 0.0995. The van der Waals surface area contributed by atoms with Gasteiger partial charge < -0.3 is 19.4 Å². The zero-order chi connectivity index (χ0) is 21.1. The third-order valence-corrected chi connectivity index (χ3v) is 5.42. The van der Waals surface area contributed by atoms with E-state index in [-0.39, 0.29) is 5.91 Å². The molecule has 1 saturated heterocycles. The van der Waals surface area contributed by atoms with Gasteiger partial charge in [-0.2, -0.15) is 0 Å². The van der Waals surface area contributed by atoms with Gasteiger partial charge in [-0.05, 0) is 61.7 Å². The Labute approximate surface area is 176 Å². The van der Waals surface area contributed by atoms with Crippen LogP contribution < -0.4 is 10.2 Å². The van der Waals surface area contributed by atoms with Crippen molar-refractivity contribution in [2.24, 2.45) is 0 Å². The first kappa shape index (κ1) is 20.2. The van der Waals surface area contributed by atoms with Gasteiger partial charge in [0.25, 0.3) is 5.91 Å². The number of amides is 1. The third kappa shape index (κ3) is 4.54. The number of ether oxygens (including phenoxy) is 1. The molecule has 30 heavy (non-hydrogen) atoms. The smallest absolute Gasteiger partial charge is 0.291 e. The van der Waals surface area contributed by atoms with Gasteiger partial charge in [0.2, 0.25) is 0 Å². The highest BCUT2D eigenvalue weighted by Gasteiger charge is 2.15. The standard InChI is InChI=1S/C24H27N3O3/c1-16-12-17(2)21(18(3)13-16)14-20-5-6-22(30-20)24(28)26-19-4-7-23(25-15-19)27-8-10-29-11-9-27/h4-7,12-13,15H,8-11,14H2,1-3H3,(H,26,28). The number of pyridine rings is 1. The van der Waals surface area contributed by atoms with Gasteiger partial charge in [-0.1, -0.05) is 17.7 Å².